The fourth-order valence-corrected chi connectivity index (χ4v) is 4.53. The summed E-state index contributed by atoms with van der Waals surface area (Å²) in [5.41, 5.74) is 7.62. The van der Waals surface area contributed by atoms with Crippen LogP contribution in [0.15, 0.2) is 84.9 Å². The summed E-state index contributed by atoms with van der Waals surface area (Å²) in [6.07, 6.45) is 0.128. The third-order valence-electron chi connectivity index (χ3n) is 6.80. The van der Waals surface area contributed by atoms with E-state index in [4.69, 9.17) is 4.74 Å². The van der Waals surface area contributed by atoms with Crippen LogP contribution in [0.2, 0.25) is 0 Å². The lowest BCUT2D eigenvalue weighted by Crippen LogP contribution is -2.28. The molecule has 1 aromatic heterocycles. The van der Waals surface area contributed by atoms with E-state index in [0.29, 0.717) is 23.5 Å². The van der Waals surface area contributed by atoms with E-state index >= 15 is 0 Å². The second-order valence-electron chi connectivity index (χ2n) is 9.77. The maximum atomic E-state index is 12.9. The average molecular weight is 523 g/mol. The molecular formula is C31H30N4O4. The highest BCUT2D eigenvalue weighted by Gasteiger charge is 2.35. The van der Waals surface area contributed by atoms with Crippen LogP contribution < -0.4 is 20.4 Å². The van der Waals surface area contributed by atoms with Gasteiger partial charge >= 0.3 is 0 Å². The highest BCUT2D eigenvalue weighted by molar-refractivity contribution is 6.04. The Balaban J connectivity index is 1.17. The first kappa shape index (κ1) is 25.8. The minimum atomic E-state index is -0.483. The molecule has 0 radical (unpaired) electrons. The molecule has 0 aliphatic carbocycles. The van der Waals surface area contributed by atoms with Gasteiger partial charge in [-0.2, -0.15) is 0 Å². The number of hydrogen-bond donors (Lipinski definition) is 2. The van der Waals surface area contributed by atoms with E-state index in [-0.39, 0.29) is 24.1 Å². The predicted octanol–water partition coefficient (Wildman–Crippen LogP) is 5.58. The molecule has 0 unspecified atom stereocenters. The summed E-state index contributed by atoms with van der Waals surface area (Å²) in [5.74, 6) is 0.332. The number of nitrogens with one attached hydrogen (secondary N) is 2. The molecule has 1 atom stereocenters. The van der Waals surface area contributed by atoms with Crippen molar-refractivity contribution >= 4 is 29.1 Å². The molecule has 2 heterocycles. The Morgan fingerprint density at radius 1 is 0.795 bits per heavy atom. The van der Waals surface area contributed by atoms with Gasteiger partial charge in [0, 0.05) is 41.3 Å². The lowest BCUT2D eigenvalue weighted by Gasteiger charge is -2.17. The minimum absolute atomic E-state index is 0.107. The smallest absolute Gasteiger partial charge is 0.270 e. The summed E-state index contributed by atoms with van der Waals surface area (Å²) < 4.78 is 7.60. The molecule has 39 heavy (non-hydrogen) atoms. The Morgan fingerprint density at radius 3 is 2.00 bits per heavy atom. The number of rotatable bonds is 7. The predicted molar refractivity (Wildman–Crippen MR) is 151 cm³/mol. The minimum Gasteiger partial charge on any atom is -0.457 e. The van der Waals surface area contributed by atoms with Gasteiger partial charge in [0.15, 0.2) is 0 Å². The Hall–Kier alpha value is -4.85. The van der Waals surface area contributed by atoms with Gasteiger partial charge in [-0.15, -0.1) is 0 Å². The fraction of sp³-hybridized carbons (Fsp3) is 0.194. The van der Waals surface area contributed by atoms with Crippen LogP contribution in [0.1, 0.15) is 33.7 Å². The molecule has 198 valence electrons. The largest absolute Gasteiger partial charge is 0.457 e. The van der Waals surface area contributed by atoms with Gasteiger partial charge in [-0.1, -0.05) is 17.7 Å². The zero-order valence-electron chi connectivity index (χ0n) is 22.1. The number of anilines is 2. The van der Waals surface area contributed by atoms with Crippen molar-refractivity contribution in [2.75, 3.05) is 22.2 Å². The first-order valence-corrected chi connectivity index (χ1v) is 12.8. The third-order valence-corrected chi connectivity index (χ3v) is 6.80. The van der Waals surface area contributed by atoms with Crippen molar-refractivity contribution in [2.45, 2.75) is 27.2 Å². The highest BCUT2D eigenvalue weighted by atomic mass is 16.5. The summed E-state index contributed by atoms with van der Waals surface area (Å²) in [6, 6.07) is 25.6. The van der Waals surface area contributed by atoms with E-state index in [1.807, 2.05) is 81.4 Å². The fourth-order valence-electron chi connectivity index (χ4n) is 4.53. The number of nitrogens with zero attached hydrogens (tertiary/aromatic N) is 2. The standard InChI is InChI=1S/C31H30N4O4/c1-20-4-14-27(15-5-20)39-28-16-12-26(13-17-28)34-19-24(18-29(34)36)30(37)32-25-10-8-23(9-11-25)31(38)33-35-21(2)6-7-22(35)3/h4-17,24H,18-19H2,1-3H3,(H,32,37)(H,33,38)/t24-/m1/s1. The molecule has 0 saturated carbocycles. The normalized spacial score (nSPS) is 14.8. The number of hydrogen-bond acceptors (Lipinski definition) is 4. The van der Waals surface area contributed by atoms with Crippen LogP contribution in [-0.4, -0.2) is 28.9 Å². The summed E-state index contributed by atoms with van der Waals surface area (Å²) in [5, 5.41) is 2.87. The highest BCUT2D eigenvalue weighted by Crippen LogP contribution is 2.29. The second kappa shape index (κ2) is 10.9. The number of aromatic nitrogens is 1. The van der Waals surface area contributed by atoms with Gasteiger partial charge < -0.3 is 15.0 Å². The van der Waals surface area contributed by atoms with E-state index in [0.717, 1.165) is 28.4 Å². The van der Waals surface area contributed by atoms with Gasteiger partial charge in [0.05, 0.1) is 5.92 Å². The monoisotopic (exact) mass is 522 g/mol. The van der Waals surface area contributed by atoms with Crippen molar-refractivity contribution in [3.63, 3.8) is 0 Å². The molecule has 1 aliphatic rings. The summed E-state index contributed by atoms with van der Waals surface area (Å²) in [4.78, 5) is 39.9. The van der Waals surface area contributed by atoms with Crippen molar-refractivity contribution in [1.29, 1.82) is 0 Å². The molecular weight excluding hydrogens is 492 g/mol. The van der Waals surface area contributed by atoms with Crippen LogP contribution in [0.3, 0.4) is 0 Å². The topological polar surface area (TPSA) is 92.7 Å². The number of carbonyl (C=O) groups is 3. The molecule has 3 aromatic carbocycles. The van der Waals surface area contributed by atoms with Gasteiger partial charge in [0.1, 0.15) is 11.5 Å². The zero-order valence-corrected chi connectivity index (χ0v) is 22.1. The molecule has 1 saturated heterocycles. The third kappa shape index (κ3) is 5.85. The Labute approximate surface area is 227 Å². The molecule has 8 nitrogen and oxygen atoms in total. The Bertz CT molecular complexity index is 1490. The zero-order chi connectivity index (χ0) is 27.5. The number of amides is 3. The van der Waals surface area contributed by atoms with Crippen molar-refractivity contribution in [2.24, 2.45) is 5.92 Å². The van der Waals surface area contributed by atoms with Gasteiger partial charge in [-0.05, 0) is 93.6 Å². The van der Waals surface area contributed by atoms with Crippen molar-refractivity contribution in [1.82, 2.24) is 4.68 Å². The molecule has 0 spiro atoms. The lowest BCUT2D eigenvalue weighted by atomic mass is 10.1. The van der Waals surface area contributed by atoms with Crippen LogP contribution in [0.5, 0.6) is 11.5 Å². The quantitative estimate of drug-likeness (QED) is 0.331. The van der Waals surface area contributed by atoms with E-state index < -0.39 is 5.92 Å². The number of carbonyl (C=O) groups excluding carboxylic acids is 3. The number of benzene rings is 3. The van der Waals surface area contributed by atoms with Crippen LogP contribution in [0, 0.1) is 26.7 Å². The summed E-state index contributed by atoms with van der Waals surface area (Å²) in [7, 11) is 0. The maximum Gasteiger partial charge on any atom is 0.270 e. The van der Waals surface area contributed by atoms with Crippen molar-refractivity contribution < 1.29 is 19.1 Å². The summed E-state index contributed by atoms with van der Waals surface area (Å²) in [6.45, 7) is 6.14. The first-order valence-electron chi connectivity index (χ1n) is 12.8. The van der Waals surface area contributed by atoms with Crippen LogP contribution in [0.25, 0.3) is 0 Å². The maximum absolute atomic E-state index is 12.9. The molecule has 1 fully saturated rings. The van der Waals surface area contributed by atoms with E-state index in [1.54, 1.807) is 33.8 Å². The van der Waals surface area contributed by atoms with Crippen molar-refractivity contribution in [3.05, 3.63) is 107 Å². The molecule has 3 amide bonds. The van der Waals surface area contributed by atoms with Crippen LogP contribution in [-0.2, 0) is 9.59 Å². The van der Waals surface area contributed by atoms with Crippen LogP contribution >= 0.6 is 0 Å². The van der Waals surface area contributed by atoms with Gasteiger partial charge in [-0.25, -0.2) is 0 Å². The van der Waals surface area contributed by atoms with E-state index in [2.05, 4.69) is 10.7 Å². The first-order chi connectivity index (χ1) is 18.8. The molecule has 8 heteroatoms. The number of aryl methyl sites for hydroxylation is 3. The molecule has 1 aliphatic heterocycles. The lowest BCUT2D eigenvalue weighted by molar-refractivity contribution is -0.122. The van der Waals surface area contributed by atoms with Gasteiger partial charge in [0.2, 0.25) is 11.8 Å². The average Bonchev–Trinajstić information content (AvgIpc) is 3.48. The molecule has 0 bridgehead atoms. The van der Waals surface area contributed by atoms with E-state index in [9.17, 15) is 14.4 Å². The van der Waals surface area contributed by atoms with Gasteiger partial charge in [-0.3, -0.25) is 24.5 Å². The molecule has 4 aromatic rings. The summed E-state index contributed by atoms with van der Waals surface area (Å²) >= 11 is 0. The van der Waals surface area contributed by atoms with Crippen LogP contribution in [0.4, 0.5) is 11.4 Å². The van der Waals surface area contributed by atoms with Crippen molar-refractivity contribution in [3.8, 4) is 11.5 Å². The second-order valence-corrected chi connectivity index (χ2v) is 9.77. The Morgan fingerprint density at radius 2 is 1.38 bits per heavy atom. The van der Waals surface area contributed by atoms with E-state index in [1.165, 1.54) is 0 Å². The Kier molecular flexibility index (Phi) is 7.19. The number of ether oxygens (including phenoxy) is 1. The molecule has 5 rings (SSSR count). The van der Waals surface area contributed by atoms with Gasteiger partial charge in [0.25, 0.3) is 5.91 Å². The molecule has 2 N–H and O–H groups in total. The SMILES string of the molecule is Cc1ccc(Oc2ccc(N3C[C@H](C(=O)Nc4ccc(C(=O)Nn5c(C)ccc5C)cc4)CC3=O)cc2)cc1.